The molecule has 122 valence electrons. The summed E-state index contributed by atoms with van der Waals surface area (Å²) in [6.45, 7) is 0. The molecule has 0 aliphatic heterocycles. The van der Waals surface area contributed by atoms with Gasteiger partial charge in [0.05, 0.1) is 5.69 Å². The second-order valence-corrected chi connectivity index (χ2v) is 7.23. The first-order chi connectivity index (χ1) is 10.9. The Labute approximate surface area is 133 Å². The Bertz CT molecular complexity index is 824. The Morgan fingerprint density at radius 2 is 1.74 bits per heavy atom. The predicted molar refractivity (Wildman–Crippen MR) is 82.2 cm³/mol. The zero-order chi connectivity index (χ0) is 16.6. The Morgan fingerprint density at radius 3 is 2.30 bits per heavy atom. The summed E-state index contributed by atoms with van der Waals surface area (Å²) >= 11 is 0. The summed E-state index contributed by atoms with van der Waals surface area (Å²) in [7, 11) is -4.45. The molecule has 1 fully saturated rings. The van der Waals surface area contributed by atoms with Gasteiger partial charge in [0.2, 0.25) is 10.0 Å². The highest BCUT2D eigenvalue weighted by atomic mass is 32.2. The summed E-state index contributed by atoms with van der Waals surface area (Å²) in [5, 5.41) is 4.86. The molecule has 1 aromatic carbocycles. The predicted octanol–water partition coefficient (Wildman–Crippen LogP) is 3.33. The van der Waals surface area contributed by atoms with Crippen molar-refractivity contribution in [2.24, 2.45) is 5.14 Å². The standard InChI is InChI=1S/C16H16F2N2O2S/c17-13-8-11(9-14(18)16(13)23(19,21)22)12-6-3-7-20-15(12)10-4-1-2-5-10/h3,6-10H,1-2,4-5H2,(H2,19,21,22). The third kappa shape index (κ3) is 3.11. The van der Waals surface area contributed by atoms with Gasteiger partial charge >= 0.3 is 0 Å². The molecule has 0 spiro atoms. The highest BCUT2D eigenvalue weighted by Crippen LogP contribution is 2.38. The lowest BCUT2D eigenvalue weighted by Gasteiger charge is -2.15. The molecule has 4 nitrogen and oxygen atoms in total. The maximum atomic E-state index is 14.1. The number of nitrogens with two attached hydrogens (primary N) is 1. The number of hydrogen-bond acceptors (Lipinski definition) is 3. The van der Waals surface area contributed by atoms with Crippen molar-refractivity contribution in [2.45, 2.75) is 36.5 Å². The summed E-state index contributed by atoms with van der Waals surface area (Å²) in [6.07, 6.45) is 5.85. The van der Waals surface area contributed by atoms with Crippen LogP contribution in [0.3, 0.4) is 0 Å². The van der Waals surface area contributed by atoms with Crippen LogP contribution in [0.15, 0.2) is 35.4 Å². The van der Waals surface area contributed by atoms with E-state index >= 15 is 0 Å². The third-order valence-corrected chi connectivity index (χ3v) is 5.13. The molecule has 0 atom stereocenters. The van der Waals surface area contributed by atoms with Crippen molar-refractivity contribution >= 4 is 10.0 Å². The summed E-state index contributed by atoms with van der Waals surface area (Å²) in [4.78, 5) is 3.28. The Kier molecular flexibility index (Phi) is 4.16. The van der Waals surface area contributed by atoms with Crippen molar-refractivity contribution in [1.29, 1.82) is 0 Å². The molecule has 1 aliphatic rings. The maximum absolute atomic E-state index is 14.1. The second-order valence-electron chi connectivity index (χ2n) is 5.73. The highest BCUT2D eigenvalue weighted by molar-refractivity contribution is 7.89. The van der Waals surface area contributed by atoms with Crippen LogP contribution in [0.4, 0.5) is 8.78 Å². The van der Waals surface area contributed by atoms with Crippen LogP contribution in [0.25, 0.3) is 11.1 Å². The first-order valence-electron chi connectivity index (χ1n) is 7.35. The fraction of sp³-hybridized carbons (Fsp3) is 0.312. The average molecular weight is 338 g/mol. The number of pyridine rings is 1. The highest BCUT2D eigenvalue weighted by Gasteiger charge is 2.25. The Morgan fingerprint density at radius 1 is 1.13 bits per heavy atom. The minimum absolute atomic E-state index is 0.259. The quantitative estimate of drug-likeness (QED) is 0.933. The van der Waals surface area contributed by atoms with Crippen LogP contribution in [0.5, 0.6) is 0 Å². The van der Waals surface area contributed by atoms with Gasteiger partial charge in [-0.05, 0) is 36.6 Å². The van der Waals surface area contributed by atoms with Gasteiger partial charge in [-0.15, -0.1) is 0 Å². The van der Waals surface area contributed by atoms with Crippen LogP contribution in [0.2, 0.25) is 0 Å². The minimum Gasteiger partial charge on any atom is -0.260 e. The molecule has 2 N–H and O–H groups in total. The van der Waals surface area contributed by atoms with Crippen molar-refractivity contribution in [3.63, 3.8) is 0 Å². The van der Waals surface area contributed by atoms with Gasteiger partial charge < -0.3 is 0 Å². The van der Waals surface area contributed by atoms with Gasteiger partial charge in [0, 0.05) is 17.7 Å². The Hall–Kier alpha value is -1.86. The van der Waals surface area contributed by atoms with Crippen molar-refractivity contribution < 1.29 is 17.2 Å². The average Bonchev–Trinajstić information content (AvgIpc) is 2.99. The van der Waals surface area contributed by atoms with Gasteiger partial charge in [-0.25, -0.2) is 22.3 Å². The maximum Gasteiger partial charge on any atom is 0.243 e. The van der Waals surface area contributed by atoms with Gasteiger partial charge in [-0.1, -0.05) is 18.9 Å². The molecule has 0 radical (unpaired) electrons. The zero-order valence-corrected chi connectivity index (χ0v) is 13.1. The fourth-order valence-electron chi connectivity index (χ4n) is 3.17. The molecule has 3 rings (SSSR count). The van der Waals surface area contributed by atoms with Gasteiger partial charge in [-0.2, -0.15) is 0 Å². The number of sulfonamides is 1. The van der Waals surface area contributed by atoms with E-state index in [1.807, 2.05) is 0 Å². The smallest absolute Gasteiger partial charge is 0.243 e. The number of primary sulfonamides is 1. The van der Waals surface area contributed by atoms with Crippen LogP contribution < -0.4 is 5.14 Å². The number of aromatic nitrogens is 1. The molecule has 7 heteroatoms. The molecular weight excluding hydrogens is 322 g/mol. The van der Waals surface area contributed by atoms with E-state index in [-0.39, 0.29) is 11.5 Å². The van der Waals surface area contributed by atoms with E-state index in [4.69, 9.17) is 5.14 Å². The van der Waals surface area contributed by atoms with Crippen molar-refractivity contribution in [1.82, 2.24) is 4.98 Å². The third-order valence-electron chi connectivity index (χ3n) is 4.17. The zero-order valence-electron chi connectivity index (χ0n) is 12.3. The molecule has 0 unspecified atom stereocenters. The van der Waals surface area contributed by atoms with Crippen LogP contribution in [-0.4, -0.2) is 13.4 Å². The van der Waals surface area contributed by atoms with E-state index in [2.05, 4.69) is 4.98 Å². The van der Waals surface area contributed by atoms with Crippen LogP contribution in [0, 0.1) is 11.6 Å². The van der Waals surface area contributed by atoms with Crippen LogP contribution >= 0.6 is 0 Å². The van der Waals surface area contributed by atoms with Crippen molar-refractivity contribution in [3.05, 3.63) is 47.8 Å². The summed E-state index contributed by atoms with van der Waals surface area (Å²) < 4.78 is 50.7. The molecule has 1 heterocycles. The van der Waals surface area contributed by atoms with E-state index in [9.17, 15) is 17.2 Å². The van der Waals surface area contributed by atoms with E-state index < -0.39 is 26.6 Å². The lowest BCUT2D eigenvalue weighted by Crippen LogP contribution is -2.16. The lowest BCUT2D eigenvalue weighted by atomic mass is 9.94. The van der Waals surface area contributed by atoms with E-state index in [1.54, 1.807) is 18.3 Å². The molecule has 0 bridgehead atoms. The van der Waals surface area contributed by atoms with Gasteiger partial charge in [0.15, 0.2) is 4.90 Å². The molecule has 1 saturated carbocycles. The number of halogens is 2. The molecule has 1 aromatic heterocycles. The van der Waals surface area contributed by atoms with Crippen LogP contribution in [0.1, 0.15) is 37.3 Å². The van der Waals surface area contributed by atoms with Gasteiger partial charge in [0.1, 0.15) is 11.6 Å². The molecular formula is C16H16F2N2O2S. The monoisotopic (exact) mass is 338 g/mol. The number of rotatable bonds is 3. The number of hydrogen-bond donors (Lipinski definition) is 1. The van der Waals surface area contributed by atoms with E-state index in [1.165, 1.54) is 0 Å². The molecule has 1 aliphatic carbocycles. The van der Waals surface area contributed by atoms with E-state index in [0.29, 0.717) is 5.56 Å². The number of nitrogens with zero attached hydrogens (tertiary/aromatic N) is 1. The van der Waals surface area contributed by atoms with Crippen molar-refractivity contribution in [2.75, 3.05) is 0 Å². The van der Waals surface area contributed by atoms with Crippen LogP contribution in [-0.2, 0) is 10.0 Å². The first-order valence-corrected chi connectivity index (χ1v) is 8.89. The summed E-state index contributed by atoms with van der Waals surface area (Å²) in [6, 6.07) is 5.43. The topological polar surface area (TPSA) is 73.1 Å². The molecule has 0 amide bonds. The SMILES string of the molecule is NS(=O)(=O)c1c(F)cc(-c2cccnc2C2CCCC2)cc1F. The first kappa shape index (κ1) is 16.0. The normalized spacial score (nSPS) is 16.0. The Balaban J connectivity index is 2.14. The van der Waals surface area contributed by atoms with E-state index in [0.717, 1.165) is 43.5 Å². The second kappa shape index (κ2) is 5.98. The minimum atomic E-state index is -4.45. The largest absolute Gasteiger partial charge is 0.260 e. The number of benzene rings is 1. The molecule has 23 heavy (non-hydrogen) atoms. The molecule has 0 saturated heterocycles. The molecule has 2 aromatic rings. The lowest BCUT2D eigenvalue weighted by molar-refractivity contribution is 0.520. The van der Waals surface area contributed by atoms with Gasteiger partial charge in [0.25, 0.3) is 0 Å². The van der Waals surface area contributed by atoms with Gasteiger partial charge in [-0.3, -0.25) is 4.98 Å². The summed E-state index contributed by atoms with van der Waals surface area (Å²) in [5.74, 6) is -2.12. The fourth-order valence-corrected chi connectivity index (χ4v) is 3.83. The van der Waals surface area contributed by atoms with Crippen molar-refractivity contribution in [3.8, 4) is 11.1 Å². The summed E-state index contributed by atoms with van der Waals surface area (Å²) in [5.41, 5.74) is 1.69.